The van der Waals surface area contributed by atoms with Gasteiger partial charge in [-0.15, -0.1) is 0 Å². The molecular weight excluding hydrogens is 471 g/mol. The van der Waals surface area contributed by atoms with Gasteiger partial charge < -0.3 is 15.1 Å². The molecule has 186 valence electrons. The van der Waals surface area contributed by atoms with Crippen LogP contribution in [0.2, 0.25) is 0 Å². The van der Waals surface area contributed by atoms with Gasteiger partial charge >= 0.3 is 0 Å². The monoisotopic (exact) mass is 500 g/mol. The van der Waals surface area contributed by atoms with Crippen molar-refractivity contribution in [3.05, 3.63) is 47.9 Å². The van der Waals surface area contributed by atoms with Gasteiger partial charge in [0.1, 0.15) is 16.7 Å². The Bertz CT molecular complexity index is 1300. The number of nitrogens with zero attached hydrogens (tertiary/aromatic N) is 3. The summed E-state index contributed by atoms with van der Waals surface area (Å²) in [4.78, 5) is 23.6. The second-order valence-electron chi connectivity index (χ2n) is 10.4. The van der Waals surface area contributed by atoms with E-state index in [4.69, 9.17) is 4.84 Å². The molecule has 0 bridgehead atoms. The van der Waals surface area contributed by atoms with E-state index in [1.165, 1.54) is 18.3 Å². The molecule has 3 aliphatic rings. The van der Waals surface area contributed by atoms with E-state index >= 15 is 4.39 Å². The van der Waals surface area contributed by atoms with E-state index in [0.717, 1.165) is 12.8 Å². The molecule has 1 saturated carbocycles. The minimum absolute atomic E-state index is 0.000139. The third kappa shape index (κ3) is 4.33. The van der Waals surface area contributed by atoms with Crippen molar-refractivity contribution in [2.24, 2.45) is 10.6 Å². The van der Waals surface area contributed by atoms with Crippen LogP contribution in [0.25, 0.3) is 11.1 Å². The number of hydrogen-bond acceptors (Lipinski definition) is 7. The molecule has 5 rings (SSSR count). The van der Waals surface area contributed by atoms with Crippen LogP contribution in [0.5, 0.6) is 0 Å². The van der Waals surface area contributed by atoms with Crippen LogP contribution in [0.15, 0.2) is 46.7 Å². The molecule has 0 unspecified atom stereocenters. The van der Waals surface area contributed by atoms with Crippen LogP contribution in [-0.2, 0) is 19.5 Å². The second kappa shape index (κ2) is 8.37. The van der Waals surface area contributed by atoms with Crippen LogP contribution in [0.4, 0.5) is 4.39 Å². The average Bonchev–Trinajstić information content (AvgIpc) is 3.39. The fourth-order valence-electron chi connectivity index (χ4n) is 4.69. The maximum atomic E-state index is 15.0. The highest BCUT2D eigenvalue weighted by Gasteiger charge is 2.49. The highest BCUT2D eigenvalue weighted by atomic mass is 32.2. The Kier molecular flexibility index (Phi) is 5.71. The summed E-state index contributed by atoms with van der Waals surface area (Å²) in [7, 11) is -1.71. The van der Waals surface area contributed by atoms with E-state index in [2.05, 4.69) is 15.5 Å². The molecule has 1 aromatic carbocycles. The molecule has 2 aliphatic heterocycles. The van der Waals surface area contributed by atoms with Gasteiger partial charge in [-0.1, -0.05) is 24.2 Å². The molecule has 2 fully saturated rings. The first kappa shape index (κ1) is 23.9. The molecule has 1 N–H and O–H groups in total. The molecule has 0 radical (unpaired) electrons. The summed E-state index contributed by atoms with van der Waals surface area (Å²) in [6, 6.07) is 7.79. The number of nitrogens with one attached hydrogen (secondary N) is 1. The van der Waals surface area contributed by atoms with Gasteiger partial charge in [0.15, 0.2) is 5.03 Å². The summed E-state index contributed by atoms with van der Waals surface area (Å²) in [6.07, 6.45) is 3.39. The molecule has 1 atom stereocenters. The van der Waals surface area contributed by atoms with Crippen molar-refractivity contribution in [2.75, 3.05) is 26.7 Å². The molecule has 35 heavy (non-hydrogen) atoms. The topological polar surface area (TPSA) is 101 Å². The predicted octanol–water partition coefficient (Wildman–Crippen LogP) is 2.77. The third-order valence-electron chi connectivity index (χ3n) is 7.25. The number of amides is 1. The van der Waals surface area contributed by atoms with Gasteiger partial charge in [-0.3, -0.25) is 4.79 Å². The third-order valence-corrected chi connectivity index (χ3v) is 9.60. The van der Waals surface area contributed by atoms with Crippen molar-refractivity contribution in [2.45, 2.75) is 49.0 Å². The van der Waals surface area contributed by atoms with Crippen molar-refractivity contribution in [1.82, 2.24) is 15.2 Å². The number of benzene rings is 1. The summed E-state index contributed by atoms with van der Waals surface area (Å²) in [5.41, 5.74) is 1.78. The van der Waals surface area contributed by atoms with Crippen LogP contribution in [-0.4, -0.2) is 67.5 Å². The second-order valence-corrected chi connectivity index (χ2v) is 12.9. The molecule has 1 aliphatic carbocycles. The summed E-state index contributed by atoms with van der Waals surface area (Å²) in [5.74, 6) is -0.430. The summed E-state index contributed by atoms with van der Waals surface area (Å²) in [5, 5.41) is 6.99. The Morgan fingerprint density at radius 1 is 1.20 bits per heavy atom. The fraction of sp³-hybridized carbons (Fsp3) is 0.480. The largest absolute Gasteiger partial charge is 0.390 e. The van der Waals surface area contributed by atoms with Gasteiger partial charge in [0.2, 0.25) is 15.7 Å². The average molecular weight is 501 g/mol. The van der Waals surface area contributed by atoms with Gasteiger partial charge in [-0.05, 0) is 45.0 Å². The summed E-state index contributed by atoms with van der Waals surface area (Å²) >= 11 is 0. The molecule has 1 amide bonds. The number of likely N-dealkylation sites (tertiary alicyclic amines) is 1. The molecule has 8 nitrogen and oxygen atoms in total. The Morgan fingerprint density at radius 2 is 1.91 bits per heavy atom. The molecule has 1 aromatic heterocycles. The number of pyridine rings is 1. The smallest absolute Gasteiger partial charge is 0.226 e. The number of carbonyl (C=O) groups is 1. The minimum atomic E-state index is -3.58. The van der Waals surface area contributed by atoms with Crippen molar-refractivity contribution >= 4 is 21.5 Å². The van der Waals surface area contributed by atoms with E-state index in [1.54, 1.807) is 25.1 Å². The van der Waals surface area contributed by atoms with E-state index in [1.807, 2.05) is 18.9 Å². The van der Waals surface area contributed by atoms with E-state index < -0.39 is 20.4 Å². The molecule has 0 spiro atoms. The number of halogens is 1. The van der Waals surface area contributed by atoms with Gasteiger partial charge in [0.05, 0.1) is 12.3 Å². The number of carbonyl (C=O) groups excluding carboxylic acids is 1. The number of oxime groups is 1. The predicted molar refractivity (Wildman–Crippen MR) is 129 cm³/mol. The van der Waals surface area contributed by atoms with Crippen LogP contribution >= 0.6 is 0 Å². The molecule has 3 heterocycles. The molecule has 2 aromatic rings. The van der Waals surface area contributed by atoms with Crippen molar-refractivity contribution in [1.29, 1.82) is 0 Å². The Labute approximate surface area is 204 Å². The van der Waals surface area contributed by atoms with Crippen LogP contribution in [0, 0.1) is 11.2 Å². The zero-order chi connectivity index (χ0) is 25.0. The number of sulfone groups is 1. The Morgan fingerprint density at radius 3 is 2.51 bits per heavy atom. The van der Waals surface area contributed by atoms with Crippen LogP contribution in [0.3, 0.4) is 0 Å². The van der Waals surface area contributed by atoms with Gasteiger partial charge in [0.25, 0.3) is 0 Å². The lowest BCUT2D eigenvalue weighted by Gasteiger charge is -2.44. The first-order valence-electron chi connectivity index (χ1n) is 11.7. The summed E-state index contributed by atoms with van der Waals surface area (Å²) < 4.78 is 40.0. The first-order chi connectivity index (χ1) is 16.5. The maximum Gasteiger partial charge on any atom is 0.226 e. The minimum Gasteiger partial charge on any atom is -0.390 e. The number of aromatic nitrogens is 1. The van der Waals surface area contributed by atoms with E-state index in [-0.39, 0.29) is 22.5 Å². The van der Waals surface area contributed by atoms with E-state index in [9.17, 15) is 13.2 Å². The Hall–Kier alpha value is -2.85. The van der Waals surface area contributed by atoms with E-state index in [0.29, 0.717) is 48.5 Å². The molecule has 1 saturated heterocycles. The van der Waals surface area contributed by atoms with Crippen molar-refractivity contribution in [3.63, 3.8) is 0 Å². The zero-order valence-corrected chi connectivity index (χ0v) is 20.9. The standard InChI is InChI=1S/C25H29FN4O4S/c1-24(8-9-24)23(31)28-13-18-11-21(29-34-18)16-4-6-19(20(26)10-16)17-5-7-22(27-12-17)35(32,33)25(2)14-30(3)15-25/h4-7,10,12,18H,8-9,11,13-15H2,1-3H3,(H,28,31)/t18-/m1/s1. The van der Waals surface area contributed by atoms with Gasteiger partial charge in [-0.2, -0.15) is 0 Å². The fourth-order valence-corrected chi connectivity index (χ4v) is 6.41. The highest BCUT2D eigenvalue weighted by Crippen LogP contribution is 2.45. The molecule has 10 heteroatoms. The van der Waals surface area contributed by atoms with Gasteiger partial charge in [-0.25, -0.2) is 17.8 Å². The first-order valence-corrected chi connectivity index (χ1v) is 13.2. The normalized spacial score (nSPS) is 22.6. The van der Waals surface area contributed by atoms with Crippen LogP contribution < -0.4 is 5.32 Å². The van der Waals surface area contributed by atoms with Gasteiger partial charge in [0, 0.05) is 47.8 Å². The lowest BCUT2D eigenvalue weighted by atomic mass is 10.00. The Balaban J connectivity index is 1.24. The lowest BCUT2D eigenvalue weighted by molar-refractivity contribution is -0.126. The zero-order valence-electron chi connectivity index (χ0n) is 20.0. The number of rotatable bonds is 7. The summed E-state index contributed by atoms with van der Waals surface area (Å²) in [6.45, 7) is 4.93. The van der Waals surface area contributed by atoms with Crippen LogP contribution in [0.1, 0.15) is 38.7 Å². The maximum absolute atomic E-state index is 15.0. The number of hydrogen-bond donors (Lipinski definition) is 1. The quantitative estimate of drug-likeness (QED) is 0.628. The molecular formula is C25H29FN4O4S. The SMILES string of the molecule is CN1CC(C)(S(=O)(=O)c2ccc(-c3ccc(C4=NO[C@@H](CNC(=O)C5(C)CC5)C4)cc3F)cn2)C1. The van der Waals surface area contributed by atoms with Crippen molar-refractivity contribution in [3.8, 4) is 11.1 Å². The van der Waals surface area contributed by atoms with Crippen molar-refractivity contribution < 1.29 is 22.4 Å². The lowest BCUT2D eigenvalue weighted by Crippen LogP contribution is -2.62. The highest BCUT2D eigenvalue weighted by molar-refractivity contribution is 7.92.